The van der Waals surface area contributed by atoms with E-state index in [0.29, 0.717) is 47.7 Å². The van der Waals surface area contributed by atoms with Gasteiger partial charge in [0.1, 0.15) is 17.5 Å². The first-order valence-corrected chi connectivity index (χ1v) is 18.9. The maximum atomic E-state index is 15.6. The van der Waals surface area contributed by atoms with Crippen molar-refractivity contribution in [1.29, 1.82) is 0 Å². The third kappa shape index (κ3) is 5.84. The first-order chi connectivity index (χ1) is 25.1. The van der Waals surface area contributed by atoms with Crippen LogP contribution in [0, 0.1) is 12.7 Å². The lowest BCUT2D eigenvalue weighted by Crippen LogP contribution is -2.59. The van der Waals surface area contributed by atoms with Crippen LogP contribution < -0.4 is 20.9 Å². The van der Waals surface area contributed by atoms with Gasteiger partial charge in [-0.1, -0.05) is 12.1 Å². The van der Waals surface area contributed by atoms with Crippen LogP contribution in [-0.2, 0) is 10.2 Å². The second kappa shape index (κ2) is 13.5. The highest BCUT2D eigenvalue weighted by molar-refractivity contribution is 6.09. The van der Waals surface area contributed by atoms with Crippen LogP contribution in [0.4, 0.5) is 26.0 Å². The molecule has 10 nitrogen and oxygen atoms in total. The fraction of sp³-hybridized carbons (Fsp3) is 0.500. The van der Waals surface area contributed by atoms with E-state index < -0.39 is 17.4 Å². The number of piperidine rings is 2. The van der Waals surface area contributed by atoms with Crippen LogP contribution in [0.15, 0.2) is 42.7 Å². The van der Waals surface area contributed by atoms with Crippen molar-refractivity contribution in [3.05, 3.63) is 65.2 Å². The number of carbonyl (C=O) groups excluding carboxylic acids is 2. The number of alkyl halides is 1. The highest BCUT2D eigenvalue weighted by Gasteiger charge is 2.55. The third-order valence-corrected chi connectivity index (χ3v) is 11.8. The quantitative estimate of drug-likeness (QED) is 0.190. The second-order valence-electron chi connectivity index (χ2n) is 15.4. The zero-order valence-corrected chi connectivity index (χ0v) is 30.4. The van der Waals surface area contributed by atoms with Gasteiger partial charge in [0.05, 0.1) is 28.6 Å². The number of anilines is 3. The Morgan fingerprint density at radius 3 is 2.63 bits per heavy atom. The van der Waals surface area contributed by atoms with Gasteiger partial charge in [0, 0.05) is 48.0 Å². The number of benzene rings is 2. The predicted molar refractivity (Wildman–Crippen MR) is 200 cm³/mol. The van der Waals surface area contributed by atoms with Crippen molar-refractivity contribution in [3.63, 3.8) is 0 Å². The van der Waals surface area contributed by atoms with Gasteiger partial charge in [0.15, 0.2) is 5.82 Å². The van der Waals surface area contributed by atoms with Crippen molar-refractivity contribution in [2.75, 3.05) is 42.9 Å². The first kappa shape index (κ1) is 34.7. The number of carbonyl (C=O) groups is 2. The summed E-state index contributed by atoms with van der Waals surface area (Å²) < 4.78 is 31.8. The van der Waals surface area contributed by atoms with E-state index in [2.05, 4.69) is 33.0 Å². The molecular weight excluding hydrogens is 662 g/mol. The van der Waals surface area contributed by atoms with Gasteiger partial charge >= 0.3 is 0 Å². The summed E-state index contributed by atoms with van der Waals surface area (Å²) >= 11 is 0. The molecule has 0 bridgehead atoms. The number of aromatic nitrogens is 3. The van der Waals surface area contributed by atoms with Crippen LogP contribution >= 0.6 is 0 Å². The van der Waals surface area contributed by atoms with E-state index in [9.17, 15) is 14.0 Å². The topological polar surface area (TPSA) is 107 Å². The summed E-state index contributed by atoms with van der Waals surface area (Å²) in [7, 11) is 0. The van der Waals surface area contributed by atoms with Crippen LogP contribution in [0.3, 0.4) is 0 Å². The van der Waals surface area contributed by atoms with Gasteiger partial charge in [-0.15, -0.1) is 0 Å². The summed E-state index contributed by atoms with van der Waals surface area (Å²) in [6.07, 6.45) is 5.66. The largest absolute Gasteiger partial charge is 0.352 e. The number of fused-ring (bicyclic) bond motifs is 3. The Morgan fingerprint density at radius 1 is 1.12 bits per heavy atom. The Balaban J connectivity index is 1.19. The van der Waals surface area contributed by atoms with Crippen LogP contribution in [0.2, 0.25) is 0 Å². The zero-order valence-electron chi connectivity index (χ0n) is 30.4. The average molecular weight is 711 g/mol. The Labute approximate surface area is 303 Å². The molecular formula is C40H48F2N8O2. The molecule has 1 atom stereocenters. The molecule has 4 aliphatic rings. The summed E-state index contributed by atoms with van der Waals surface area (Å²) in [5.74, 6) is -0.177. The summed E-state index contributed by atoms with van der Waals surface area (Å²) in [4.78, 5) is 41.5. The molecule has 12 heteroatoms. The van der Waals surface area contributed by atoms with Crippen LogP contribution in [0.1, 0.15) is 86.8 Å². The molecule has 3 N–H and O–H groups in total. The minimum atomic E-state index is -0.774. The maximum absolute atomic E-state index is 15.6. The number of halogens is 2. The van der Waals surface area contributed by atoms with Crippen molar-refractivity contribution in [2.24, 2.45) is 0 Å². The Kier molecular flexibility index (Phi) is 9.02. The normalized spacial score (nSPS) is 22.9. The zero-order chi connectivity index (χ0) is 36.3. The minimum absolute atomic E-state index is 0.0544. The van der Waals surface area contributed by atoms with Crippen molar-refractivity contribution in [2.45, 2.75) is 95.9 Å². The van der Waals surface area contributed by atoms with Crippen LogP contribution in [0.5, 0.6) is 0 Å². The molecule has 4 aromatic rings. The fourth-order valence-corrected chi connectivity index (χ4v) is 8.88. The smallest absolute Gasteiger partial charge is 0.251 e. The number of likely N-dealkylation sites (tertiary alicyclic amines) is 1. The van der Waals surface area contributed by atoms with Gasteiger partial charge in [-0.2, -0.15) is 0 Å². The SMILES string of the molecule is CCNC(=O)c1cc(Nc2nc(-c3ccc4c(c3)N([C@H]3C[C@@H](N5CCC[C@@H](F)C5)C3)C(=O)C43CCNCC3)cc3ncn(C(C)C)c23)c(F)cc1C. The van der Waals surface area contributed by atoms with Gasteiger partial charge in [0.25, 0.3) is 5.91 Å². The molecule has 3 fully saturated rings. The second-order valence-corrected chi connectivity index (χ2v) is 15.4. The summed E-state index contributed by atoms with van der Waals surface area (Å²) in [5, 5.41) is 9.48. The fourth-order valence-electron chi connectivity index (χ4n) is 8.88. The maximum Gasteiger partial charge on any atom is 0.251 e. The van der Waals surface area contributed by atoms with E-state index in [1.807, 2.05) is 42.4 Å². The van der Waals surface area contributed by atoms with Crippen molar-refractivity contribution in [3.8, 4) is 11.3 Å². The molecule has 274 valence electrons. The number of aryl methyl sites for hydroxylation is 1. The van der Waals surface area contributed by atoms with Crippen LogP contribution in [-0.4, -0.2) is 82.2 Å². The molecule has 1 aliphatic carbocycles. The third-order valence-electron chi connectivity index (χ3n) is 11.8. The average Bonchev–Trinajstić information content (AvgIpc) is 3.64. The number of pyridine rings is 1. The standard InChI is InChI=1S/C40H48F2N8O2/c1-5-44-38(51)29-19-33(31(42)15-24(29)4)47-37-36-34(45-22-49(36)23(2)3)20-32(46-37)25-8-9-30-35(16-25)50(39(52)40(30)10-12-43-13-11-40)28-17-27(18-28)48-14-6-7-26(41)21-48/h8-9,15-16,19-20,22-23,26-28,43H,5-7,10-14,17-18,21H2,1-4H3,(H,44,51)(H,46,47)/t26-,27-,28+/m1/s1. The van der Waals surface area contributed by atoms with E-state index in [1.165, 1.54) is 12.1 Å². The Hall–Kier alpha value is -4.42. The molecule has 0 unspecified atom stereocenters. The Bertz CT molecular complexity index is 2030. The molecule has 2 aromatic heterocycles. The van der Waals surface area contributed by atoms with Crippen LogP contribution in [0.25, 0.3) is 22.3 Å². The monoisotopic (exact) mass is 710 g/mol. The van der Waals surface area contributed by atoms with Crippen molar-refractivity contribution < 1.29 is 18.4 Å². The number of nitrogens with zero attached hydrogens (tertiary/aromatic N) is 5. The highest BCUT2D eigenvalue weighted by atomic mass is 19.1. The minimum Gasteiger partial charge on any atom is -0.352 e. The molecule has 2 aromatic carbocycles. The first-order valence-electron chi connectivity index (χ1n) is 18.9. The molecule has 1 saturated carbocycles. The van der Waals surface area contributed by atoms with E-state index in [1.54, 1.807) is 13.3 Å². The van der Waals surface area contributed by atoms with Gasteiger partial charge < -0.3 is 25.4 Å². The molecule has 3 aliphatic heterocycles. The number of nitrogens with one attached hydrogen (secondary N) is 3. The number of amides is 2. The number of imidazole rings is 1. The van der Waals surface area contributed by atoms with Gasteiger partial charge in [0.2, 0.25) is 5.91 Å². The van der Waals surface area contributed by atoms with Crippen molar-refractivity contribution >= 4 is 40.0 Å². The molecule has 0 radical (unpaired) electrons. The molecule has 5 heterocycles. The van der Waals surface area contributed by atoms with E-state index in [-0.39, 0.29) is 35.6 Å². The summed E-state index contributed by atoms with van der Waals surface area (Å²) in [6, 6.07) is 11.5. The van der Waals surface area contributed by atoms with Gasteiger partial charge in [-0.25, -0.2) is 18.7 Å². The lowest BCUT2D eigenvalue weighted by Gasteiger charge is -2.48. The van der Waals surface area contributed by atoms with Crippen molar-refractivity contribution in [1.82, 2.24) is 30.1 Å². The van der Waals surface area contributed by atoms with E-state index >= 15 is 4.39 Å². The molecule has 8 rings (SSSR count). The van der Waals surface area contributed by atoms with Gasteiger partial charge in [-0.05, 0) is 121 Å². The van der Waals surface area contributed by atoms with Gasteiger partial charge in [-0.3, -0.25) is 14.5 Å². The lowest BCUT2D eigenvalue weighted by atomic mass is 9.74. The Morgan fingerprint density at radius 2 is 1.90 bits per heavy atom. The lowest BCUT2D eigenvalue weighted by molar-refractivity contribution is -0.125. The predicted octanol–water partition coefficient (Wildman–Crippen LogP) is 6.55. The summed E-state index contributed by atoms with van der Waals surface area (Å²) in [5.41, 5.74) is 5.36. The molecule has 2 amide bonds. The molecule has 2 saturated heterocycles. The number of rotatable bonds is 8. The summed E-state index contributed by atoms with van der Waals surface area (Å²) in [6.45, 7) is 11.1. The molecule has 52 heavy (non-hydrogen) atoms. The van der Waals surface area contributed by atoms with E-state index in [0.717, 1.165) is 74.1 Å². The number of hydrogen-bond donors (Lipinski definition) is 3. The molecule has 1 spiro atoms. The highest BCUT2D eigenvalue weighted by Crippen LogP contribution is 2.51. The number of hydrogen-bond acceptors (Lipinski definition) is 7. The van der Waals surface area contributed by atoms with E-state index in [4.69, 9.17) is 9.97 Å².